The third-order valence-corrected chi connectivity index (χ3v) is 3.88. The lowest BCUT2D eigenvalue weighted by Gasteiger charge is -2.30. The molecule has 1 fully saturated rings. The Kier molecular flexibility index (Phi) is 4.31. The zero-order valence-electron chi connectivity index (χ0n) is 12.0. The monoisotopic (exact) mass is 280 g/mol. The predicted molar refractivity (Wildman–Crippen MR) is 84.0 cm³/mol. The maximum absolute atomic E-state index is 12.2. The molecular formula is C18H20N2O. The summed E-state index contributed by atoms with van der Waals surface area (Å²) < 4.78 is 0. The molecule has 1 aliphatic rings. The van der Waals surface area contributed by atoms with Crippen LogP contribution in [0, 0.1) is 0 Å². The average Bonchev–Trinajstić information content (AvgIpc) is 2.52. The van der Waals surface area contributed by atoms with E-state index in [1.807, 2.05) is 36.4 Å². The summed E-state index contributed by atoms with van der Waals surface area (Å²) in [6.07, 6.45) is 1.61. The van der Waals surface area contributed by atoms with Crippen LogP contribution in [0.2, 0.25) is 0 Å². The summed E-state index contributed by atoms with van der Waals surface area (Å²) in [5.41, 5.74) is 2.44. The Hall–Kier alpha value is -2.13. The van der Waals surface area contributed by atoms with E-state index in [9.17, 15) is 4.79 Å². The van der Waals surface area contributed by atoms with Crippen LogP contribution in [0.5, 0.6) is 0 Å². The van der Waals surface area contributed by atoms with E-state index >= 15 is 0 Å². The SMILES string of the molecule is O=C1NC(Cc2ccccc2)CN[C@H]1Cc1ccccc1. The van der Waals surface area contributed by atoms with Crippen molar-refractivity contribution in [2.45, 2.75) is 24.9 Å². The minimum atomic E-state index is -0.126. The minimum absolute atomic E-state index is 0.103. The number of nitrogens with one attached hydrogen (secondary N) is 2. The number of carbonyl (C=O) groups excluding carboxylic acids is 1. The highest BCUT2D eigenvalue weighted by atomic mass is 16.2. The molecule has 1 aliphatic heterocycles. The Balaban J connectivity index is 1.56. The lowest BCUT2D eigenvalue weighted by molar-refractivity contribution is -0.125. The summed E-state index contributed by atoms with van der Waals surface area (Å²) in [7, 11) is 0. The standard InChI is InChI=1S/C18H20N2O/c21-18-17(12-15-9-5-2-6-10-15)19-13-16(20-18)11-14-7-3-1-4-8-14/h1-10,16-17,19H,11-13H2,(H,20,21)/t16?,17-/m0/s1. The summed E-state index contributed by atoms with van der Waals surface area (Å²) in [6, 6.07) is 20.5. The van der Waals surface area contributed by atoms with Gasteiger partial charge in [-0.15, -0.1) is 0 Å². The van der Waals surface area contributed by atoms with E-state index in [4.69, 9.17) is 0 Å². The van der Waals surface area contributed by atoms with Gasteiger partial charge in [-0.25, -0.2) is 0 Å². The van der Waals surface area contributed by atoms with E-state index in [0.717, 1.165) is 19.4 Å². The number of carbonyl (C=O) groups is 1. The van der Waals surface area contributed by atoms with Crippen LogP contribution in [0.25, 0.3) is 0 Å². The molecule has 0 saturated carbocycles. The van der Waals surface area contributed by atoms with Gasteiger partial charge in [-0.2, -0.15) is 0 Å². The molecule has 3 rings (SSSR count). The lowest BCUT2D eigenvalue weighted by atomic mass is 9.99. The van der Waals surface area contributed by atoms with Crippen molar-refractivity contribution in [1.29, 1.82) is 0 Å². The van der Waals surface area contributed by atoms with Crippen LogP contribution < -0.4 is 10.6 Å². The van der Waals surface area contributed by atoms with Crippen LogP contribution >= 0.6 is 0 Å². The molecule has 2 N–H and O–H groups in total. The smallest absolute Gasteiger partial charge is 0.237 e. The number of amides is 1. The molecule has 0 spiro atoms. The average molecular weight is 280 g/mol. The van der Waals surface area contributed by atoms with Crippen molar-refractivity contribution in [1.82, 2.24) is 10.6 Å². The highest BCUT2D eigenvalue weighted by molar-refractivity contribution is 5.83. The van der Waals surface area contributed by atoms with Crippen LogP contribution in [-0.2, 0) is 17.6 Å². The number of piperazine rings is 1. The first kappa shape index (κ1) is 13.8. The molecule has 0 aliphatic carbocycles. The highest BCUT2D eigenvalue weighted by Crippen LogP contribution is 2.09. The van der Waals surface area contributed by atoms with E-state index in [0.29, 0.717) is 0 Å². The fraction of sp³-hybridized carbons (Fsp3) is 0.278. The maximum Gasteiger partial charge on any atom is 0.237 e. The Morgan fingerprint density at radius 1 is 0.857 bits per heavy atom. The van der Waals surface area contributed by atoms with Crippen LogP contribution in [0.3, 0.4) is 0 Å². The molecule has 1 saturated heterocycles. The largest absolute Gasteiger partial charge is 0.350 e. The number of hydrogen-bond donors (Lipinski definition) is 2. The van der Waals surface area contributed by atoms with E-state index in [1.54, 1.807) is 0 Å². The summed E-state index contributed by atoms with van der Waals surface area (Å²) in [5, 5.41) is 6.51. The summed E-state index contributed by atoms with van der Waals surface area (Å²) >= 11 is 0. The van der Waals surface area contributed by atoms with Crippen LogP contribution in [0.15, 0.2) is 60.7 Å². The molecule has 1 heterocycles. The Labute approximate surface area is 125 Å². The van der Waals surface area contributed by atoms with Gasteiger partial charge in [-0.1, -0.05) is 60.7 Å². The quantitative estimate of drug-likeness (QED) is 0.898. The molecule has 108 valence electrons. The van der Waals surface area contributed by atoms with E-state index < -0.39 is 0 Å². The van der Waals surface area contributed by atoms with Gasteiger partial charge in [-0.3, -0.25) is 4.79 Å². The molecule has 21 heavy (non-hydrogen) atoms. The third kappa shape index (κ3) is 3.70. The summed E-state index contributed by atoms with van der Waals surface area (Å²) in [6.45, 7) is 0.818. The van der Waals surface area contributed by atoms with Gasteiger partial charge in [0.05, 0.1) is 6.04 Å². The third-order valence-electron chi connectivity index (χ3n) is 3.88. The topological polar surface area (TPSA) is 41.1 Å². The molecule has 0 aromatic heterocycles. The van der Waals surface area contributed by atoms with Crippen LogP contribution in [-0.4, -0.2) is 24.5 Å². The maximum atomic E-state index is 12.2. The van der Waals surface area contributed by atoms with E-state index in [-0.39, 0.29) is 18.0 Å². The molecule has 0 radical (unpaired) electrons. The van der Waals surface area contributed by atoms with Crippen LogP contribution in [0.1, 0.15) is 11.1 Å². The van der Waals surface area contributed by atoms with Crippen LogP contribution in [0.4, 0.5) is 0 Å². The Morgan fingerprint density at radius 2 is 1.43 bits per heavy atom. The first-order chi connectivity index (χ1) is 10.3. The van der Waals surface area contributed by atoms with Gasteiger partial charge in [0.25, 0.3) is 0 Å². The van der Waals surface area contributed by atoms with Gasteiger partial charge < -0.3 is 10.6 Å². The number of benzene rings is 2. The molecule has 2 atom stereocenters. The van der Waals surface area contributed by atoms with Crippen molar-refractivity contribution >= 4 is 5.91 Å². The molecular weight excluding hydrogens is 260 g/mol. The van der Waals surface area contributed by atoms with Gasteiger partial charge in [0.1, 0.15) is 0 Å². The van der Waals surface area contributed by atoms with Gasteiger partial charge in [0, 0.05) is 12.6 Å². The van der Waals surface area contributed by atoms with Crippen molar-refractivity contribution in [3.8, 4) is 0 Å². The van der Waals surface area contributed by atoms with Crippen molar-refractivity contribution in [2.75, 3.05) is 6.54 Å². The molecule has 0 bridgehead atoms. The summed E-state index contributed by atoms with van der Waals surface area (Å²) in [4.78, 5) is 12.2. The van der Waals surface area contributed by atoms with Gasteiger partial charge in [0.15, 0.2) is 0 Å². The molecule has 1 unspecified atom stereocenters. The van der Waals surface area contributed by atoms with E-state index in [2.05, 4.69) is 34.9 Å². The zero-order chi connectivity index (χ0) is 14.5. The number of rotatable bonds is 4. The Morgan fingerprint density at radius 3 is 2.00 bits per heavy atom. The minimum Gasteiger partial charge on any atom is -0.350 e. The van der Waals surface area contributed by atoms with Crippen molar-refractivity contribution in [2.24, 2.45) is 0 Å². The zero-order valence-corrected chi connectivity index (χ0v) is 12.0. The van der Waals surface area contributed by atoms with Gasteiger partial charge in [0.2, 0.25) is 5.91 Å². The molecule has 2 aromatic carbocycles. The van der Waals surface area contributed by atoms with Crippen molar-refractivity contribution in [3.63, 3.8) is 0 Å². The normalized spacial score (nSPS) is 21.8. The summed E-state index contributed by atoms with van der Waals surface area (Å²) in [5.74, 6) is 0.103. The fourth-order valence-electron chi connectivity index (χ4n) is 2.77. The first-order valence-corrected chi connectivity index (χ1v) is 7.43. The molecule has 2 aromatic rings. The lowest BCUT2D eigenvalue weighted by Crippen LogP contribution is -2.59. The molecule has 3 nitrogen and oxygen atoms in total. The Bertz CT molecular complexity index is 583. The first-order valence-electron chi connectivity index (χ1n) is 7.43. The van der Waals surface area contributed by atoms with Gasteiger partial charge in [-0.05, 0) is 24.0 Å². The second kappa shape index (κ2) is 6.55. The molecule has 1 amide bonds. The second-order valence-corrected chi connectivity index (χ2v) is 5.55. The highest BCUT2D eigenvalue weighted by Gasteiger charge is 2.27. The van der Waals surface area contributed by atoms with Crippen molar-refractivity contribution in [3.05, 3.63) is 71.8 Å². The second-order valence-electron chi connectivity index (χ2n) is 5.55. The van der Waals surface area contributed by atoms with Gasteiger partial charge >= 0.3 is 0 Å². The fourth-order valence-corrected chi connectivity index (χ4v) is 2.77. The molecule has 3 heteroatoms. The van der Waals surface area contributed by atoms with Crippen molar-refractivity contribution < 1.29 is 4.79 Å². The number of hydrogen-bond acceptors (Lipinski definition) is 2. The van der Waals surface area contributed by atoms with E-state index in [1.165, 1.54) is 11.1 Å². The predicted octanol–water partition coefficient (Wildman–Crippen LogP) is 1.93.